The van der Waals surface area contributed by atoms with Crippen molar-refractivity contribution in [3.63, 3.8) is 0 Å². The second kappa shape index (κ2) is 9.19. The molecule has 0 radical (unpaired) electrons. The zero-order valence-electron chi connectivity index (χ0n) is 13.7. The normalized spacial score (nSPS) is 21.1. The van der Waals surface area contributed by atoms with Crippen molar-refractivity contribution in [3.8, 4) is 0 Å². The summed E-state index contributed by atoms with van der Waals surface area (Å²) in [6.45, 7) is 15.0. The highest BCUT2D eigenvalue weighted by molar-refractivity contribution is 5.77. The SMILES string of the molecule is CCN(CCNC(N)=NCC1CCCN1CC)C(C)C. The molecule has 1 atom stereocenters. The minimum Gasteiger partial charge on any atom is -0.370 e. The number of likely N-dealkylation sites (N-methyl/N-ethyl adjacent to an activating group) is 2. The fourth-order valence-electron chi connectivity index (χ4n) is 2.89. The minimum atomic E-state index is 0.580. The summed E-state index contributed by atoms with van der Waals surface area (Å²) in [5.74, 6) is 0.591. The average Bonchev–Trinajstić information content (AvgIpc) is 2.88. The molecule has 1 rings (SSSR count). The number of guanidine groups is 1. The van der Waals surface area contributed by atoms with Gasteiger partial charge in [-0.1, -0.05) is 13.8 Å². The van der Waals surface area contributed by atoms with Crippen molar-refractivity contribution in [1.29, 1.82) is 0 Å². The van der Waals surface area contributed by atoms with Gasteiger partial charge in [-0.3, -0.25) is 14.8 Å². The van der Waals surface area contributed by atoms with Crippen molar-refractivity contribution in [2.45, 2.75) is 52.6 Å². The molecule has 1 aliphatic rings. The molecule has 0 amide bonds. The van der Waals surface area contributed by atoms with Crippen LogP contribution in [0.15, 0.2) is 4.99 Å². The highest BCUT2D eigenvalue weighted by Gasteiger charge is 2.22. The van der Waals surface area contributed by atoms with E-state index in [9.17, 15) is 0 Å². The van der Waals surface area contributed by atoms with E-state index in [1.54, 1.807) is 0 Å². The van der Waals surface area contributed by atoms with Gasteiger partial charge < -0.3 is 11.1 Å². The Bertz CT molecular complexity index is 290. The van der Waals surface area contributed by atoms with E-state index in [2.05, 4.69) is 47.8 Å². The third-order valence-corrected chi connectivity index (χ3v) is 4.22. The lowest BCUT2D eigenvalue weighted by molar-refractivity contribution is 0.237. The van der Waals surface area contributed by atoms with Crippen LogP contribution in [0.1, 0.15) is 40.5 Å². The molecule has 5 heteroatoms. The van der Waals surface area contributed by atoms with Crippen molar-refractivity contribution in [2.24, 2.45) is 10.7 Å². The predicted octanol–water partition coefficient (Wildman–Crippen LogP) is 1.11. The van der Waals surface area contributed by atoms with Crippen LogP contribution >= 0.6 is 0 Å². The summed E-state index contributed by atoms with van der Waals surface area (Å²) >= 11 is 0. The van der Waals surface area contributed by atoms with Crippen molar-refractivity contribution < 1.29 is 0 Å². The molecule has 0 aliphatic carbocycles. The molecule has 1 unspecified atom stereocenters. The topological polar surface area (TPSA) is 56.9 Å². The molecular weight excluding hydrogens is 250 g/mol. The number of rotatable bonds is 8. The van der Waals surface area contributed by atoms with Gasteiger partial charge in [-0.25, -0.2) is 0 Å². The van der Waals surface area contributed by atoms with E-state index in [0.717, 1.165) is 32.7 Å². The number of hydrogen-bond donors (Lipinski definition) is 2. The third kappa shape index (κ3) is 5.67. The first kappa shape index (κ1) is 17.2. The molecule has 5 nitrogen and oxygen atoms in total. The van der Waals surface area contributed by atoms with E-state index in [4.69, 9.17) is 5.73 Å². The zero-order valence-corrected chi connectivity index (χ0v) is 13.7. The number of nitrogens with zero attached hydrogens (tertiary/aromatic N) is 3. The Morgan fingerprint density at radius 3 is 2.80 bits per heavy atom. The van der Waals surface area contributed by atoms with Crippen LogP contribution in [0.4, 0.5) is 0 Å². The monoisotopic (exact) mass is 283 g/mol. The lowest BCUT2D eigenvalue weighted by Crippen LogP contribution is -2.41. The van der Waals surface area contributed by atoms with E-state index in [-0.39, 0.29) is 0 Å². The molecule has 0 aromatic rings. The quantitative estimate of drug-likeness (QED) is 0.517. The third-order valence-electron chi connectivity index (χ3n) is 4.22. The van der Waals surface area contributed by atoms with Crippen molar-refractivity contribution in [2.75, 3.05) is 39.3 Å². The zero-order chi connectivity index (χ0) is 15.0. The standard InChI is InChI=1S/C15H33N5/c1-5-19(13(3)4)11-9-17-15(16)18-12-14-8-7-10-20(14)6-2/h13-14H,5-12H2,1-4H3,(H3,16,17,18). The Morgan fingerprint density at radius 1 is 1.45 bits per heavy atom. The summed E-state index contributed by atoms with van der Waals surface area (Å²) in [6, 6.07) is 1.17. The molecule has 1 aliphatic heterocycles. The second-order valence-corrected chi connectivity index (χ2v) is 5.80. The van der Waals surface area contributed by atoms with Crippen molar-refractivity contribution in [3.05, 3.63) is 0 Å². The Hall–Kier alpha value is -0.810. The van der Waals surface area contributed by atoms with Gasteiger partial charge >= 0.3 is 0 Å². The molecule has 20 heavy (non-hydrogen) atoms. The first-order valence-electron chi connectivity index (χ1n) is 8.10. The van der Waals surface area contributed by atoms with Gasteiger partial charge in [0.25, 0.3) is 0 Å². The molecule has 1 fully saturated rings. The van der Waals surface area contributed by atoms with Crippen LogP contribution in [0.25, 0.3) is 0 Å². The maximum absolute atomic E-state index is 5.94. The molecular formula is C15H33N5. The summed E-state index contributed by atoms with van der Waals surface area (Å²) in [6.07, 6.45) is 2.54. The van der Waals surface area contributed by atoms with Crippen molar-refractivity contribution >= 4 is 5.96 Å². The summed E-state index contributed by atoms with van der Waals surface area (Å²) in [5, 5.41) is 3.23. The van der Waals surface area contributed by atoms with Gasteiger partial charge in [0.1, 0.15) is 0 Å². The van der Waals surface area contributed by atoms with Gasteiger partial charge in [-0.2, -0.15) is 0 Å². The Balaban J connectivity index is 2.24. The van der Waals surface area contributed by atoms with Gasteiger partial charge in [-0.15, -0.1) is 0 Å². The molecule has 3 N–H and O–H groups in total. The Kier molecular flexibility index (Phi) is 7.92. The first-order chi connectivity index (χ1) is 9.58. The fourth-order valence-corrected chi connectivity index (χ4v) is 2.89. The van der Waals surface area contributed by atoms with E-state index < -0.39 is 0 Å². The van der Waals surface area contributed by atoms with Gasteiger partial charge in [0.2, 0.25) is 0 Å². The minimum absolute atomic E-state index is 0.580. The van der Waals surface area contributed by atoms with E-state index in [1.807, 2.05) is 0 Å². The molecule has 0 spiro atoms. The maximum Gasteiger partial charge on any atom is 0.188 e. The lowest BCUT2D eigenvalue weighted by atomic mass is 10.2. The molecule has 0 saturated carbocycles. The highest BCUT2D eigenvalue weighted by Crippen LogP contribution is 2.16. The van der Waals surface area contributed by atoms with Gasteiger partial charge in [0.15, 0.2) is 5.96 Å². The number of nitrogens with one attached hydrogen (secondary N) is 1. The van der Waals surface area contributed by atoms with Crippen molar-refractivity contribution in [1.82, 2.24) is 15.1 Å². The average molecular weight is 283 g/mol. The number of likely N-dealkylation sites (tertiary alicyclic amines) is 1. The Morgan fingerprint density at radius 2 is 2.20 bits per heavy atom. The van der Waals surface area contributed by atoms with Crippen LogP contribution in [0, 0.1) is 0 Å². The number of nitrogens with two attached hydrogens (primary N) is 1. The second-order valence-electron chi connectivity index (χ2n) is 5.80. The molecule has 1 heterocycles. The summed E-state index contributed by atoms with van der Waals surface area (Å²) in [4.78, 5) is 9.40. The summed E-state index contributed by atoms with van der Waals surface area (Å²) in [5.41, 5.74) is 5.94. The molecule has 1 saturated heterocycles. The van der Waals surface area contributed by atoms with Crippen LogP contribution in [0.5, 0.6) is 0 Å². The summed E-state index contributed by atoms with van der Waals surface area (Å²) in [7, 11) is 0. The number of aliphatic imine (C=N–C) groups is 1. The van der Waals surface area contributed by atoms with Crippen LogP contribution in [0.2, 0.25) is 0 Å². The maximum atomic E-state index is 5.94. The van der Waals surface area contributed by atoms with Crippen LogP contribution in [-0.4, -0.2) is 67.1 Å². The van der Waals surface area contributed by atoms with Crippen LogP contribution < -0.4 is 11.1 Å². The lowest BCUT2D eigenvalue weighted by Gasteiger charge is -2.25. The van der Waals surface area contributed by atoms with Gasteiger partial charge in [0, 0.05) is 25.2 Å². The van der Waals surface area contributed by atoms with Gasteiger partial charge in [0.05, 0.1) is 6.54 Å². The van der Waals surface area contributed by atoms with E-state index in [0.29, 0.717) is 18.0 Å². The van der Waals surface area contributed by atoms with Crippen LogP contribution in [-0.2, 0) is 0 Å². The van der Waals surface area contributed by atoms with E-state index in [1.165, 1.54) is 19.4 Å². The van der Waals surface area contributed by atoms with Gasteiger partial charge in [-0.05, 0) is 46.3 Å². The van der Waals surface area contributed by atoms with Crippen LogP contribution in [0.3, 0.4) is 0 Å². The highest BCUT2D eigenvalue weighted by atomic mass is 15.2. The Labute approximate surface area is 124 Å². The predicted molar refractivity (Wildman–Crippen MR) is 87.1 cm³/mol. The smallest absolute Gasteiger partial charge is 0.188 e. The largest absolute Gasteiger partial charge is 0.370 e. The molecule has 118 valence electrons. The number of hydrogen-bond acceptors (Lipinski definition) is 3. The van der Waals surface area contributed by atoms with E-state index >= 15 is 0 Å². The molecule has 0 aromatic carbocycles. The molecule has 0 aromatic heterocycles. The molecule has 0 bridgehead atoms. The summed E-state index contributed by atoms with van der Waals surface area (Å²) < 4.78 is 0. The first-order valence-corrected chi connectivity index (χ1v) is 8.10. The fraction of sp³-hybridized carbons (Fsp3) is 0.933.